The highest BCUT2D eigenvalue weighted by atomic mass is 16.5. The van der Waals surface area contributed by atoms with Gasteiger partial charge in [0.1, 0.15) is 5.75 Å². The fourth-order valence-corrected chi connectivity index (χ4v) is 3.73. The van der Waals surface area contributed by atoms with Crippen LogP contribution in [0.5, 0.6) is 17.2 Å². The van der Waals surface area contributed by atoms with Crippen molar-refractivity contribution in [2.75, 3.05) is 20.7 Å². The molecule has 0 bridgehead atoms. The minimum atomic E-state index is -0.219. The summed E-state index contributed by atoms with van der Waals surface area (Å²) in [6, 6.07) is 18.5. The lowest BCUT2D eigenvalue weighted by atomic mass is 10.0. The van der Waals surface area contributed by atoms with Crippen LogP contribution in [-0.4, -0.2) is 42.4 Å². The van der Waals surface area contributed by atoms with Crippen LogP contribution in [0.4, 0.5) is 4.79 Å². The van der Waals surface area contributed by atoms with Gasteiger partial charge in [0.15, 0.2) is 17.3 Å². The number of amidine groups is 1. The summed E-state index contributed by atoms with van der Waals surface area (Å²) in [5.41, 5.74) is 1.88. The van der Waals surface area contributed by atoms with Crippen LogP contribution in [0.3, 0.4) is 0 Å². The van der Waals surface area contributed by atoms with Crippen LogP contribution in [0.1, 0.15) is 18.1 Å². The van der Waals surface area contributed by atoms with E-state index in [0.29, 0.717) is 35.1 Å². The predicted octanol–water partition coefficient (Wildman–Crippen LogP) is 5.22. The molecule has 2 amide bonds. The molecule has 0 atom stereocenters. The Hall–Kier alpha value is -4.31. The van der Waals surface area contributed by atoms with Crippen LogP contribution < -0.4 is 9.47 Å². The number of methoxy groups -OCH3 is 1. The van der Waals surface area contributed by atoms with E-state index in [1.165, 1.54) is 9.80 Å². The average molecular weight is 426 g/mol. The van der Waals surface area contributed by atoms with Crippen LogP contribution >= 0.6 is 0 Å². The molecule has 1 saturated heterocycles. The maximum atomic E-state index is 12.3. The van der Waals surface area contributed by atoms with Crippen LogP contribution in [-0.2, 0) is 0 Å². The molecule has 32 heavy (non-hydrogen) atoms. The number of nitrogens with zero attached hydrogens (tertiary/aromatic N) is 3. The molecular weight excluding hydrogens is 404 g/mol. The second kappa shape index (κ2) is 8.44. The fraction of sp³-hybridized carbons (Fsp3) is 0.160. The zero-order chi connectivity index (χ0) is 22.8. The summed E-state index contributed by atoms with van der Waals surface area (Å²) in [5.74, 6) is 1.82. The second-order valence-corrected chi connectivity index (χ2v) is 7.25. The molecule has 1 fully saturated rings. The molecule has 0 aliphatic carbocycles. The molecule has 1 aliphatic rings. The highest BCUT2D eigenvalue weighted by Gasteiger charge is 2.34. The van der Waals surface area contributed by atoms with Crippen molar-refractivity contribution in [2.24, 2.45) is 0 Å². The van der Waals surface area contributed by atoms with Gasteiger partial charge < -0.3 is 9.47 Å². The van der Waals surface area contributed by atoms with Gasteiger partial charge in [0.2, 0.25) is 0 Å². The minimum Gasteiger partial charge on any atom is -0.493 e. The van der Waals surface area contributed by atoms with E-state index in [-0.39, 0.29) is 11.9 Å². The van der Waals surface area contributed by atoms with E-state index in [9.17, 15) is 10.1 Å². The zero-order valence-electron chi connectivity index (χ0n) is 18.0. The maximum absolute atomic E-state index is 12.3. The summed E-state index contributed by atoms with van der Waals surface area (Å²) >= 11 is 0. The van der Waals surface area contributed by atoms with Crippen LogP contribution in [0.25, 0.3) is 16.8 Å². The van der Waals surface area contributed by atoms with Gasteiger partial charge in [-0.15, -0.1) is 0 Å². The van der Waals surface area contributed by atoms with Crippen molar-refractivity contribution in [1.82, 2.24) is 9.80 Å². The van der Waals surface area contributed by atoms with Gasteiger partial charge in [0.25, 0.3) is 0 Å². The highest BCUT2D eigenvalue weighted by Crippen LogP contribution is 2.37. The quantitative estimate of drug-likeness (QED) is 0.606. The number of amides is 2. The molecule has 0 aromatic heterocycles. The lowest BCUT2D eigenvalue weighted by Crippen LogP contribution is -2.30. The largest absolute Gasteiger partial charge is 0.493 e. The van der Waals surface area contributed by atoms with E-state index in [1.54, 1.807) is 44.5 Å². The number of fused-ring (bicyclic) bond motifs is 1. The molecule has 1 heterocycles. The van der Waals surface area contributed by atoms with Crippen molar-refractivity contribution >= 4 is 28.7 Å². The van der Waals surface area contributed by atoms with Crippen molar-refractivity contribution in [2.45, 2.75) is 6.92 Å². The van der Waals surface area contributed by atoms with Gasteiger partial charge in [-0.25, -0.2) is 4.79 Å². The molecule has 3 aromatic carbocycles. The Labute approximate surface area is 186 Å². The maximum Gasteiger partial charge on any atom is 0.330 e. The van der Waals surface area contributed by atoms with Crippen molar-refractivity contribution in [1.29, 1.82) is 10.7 Å². The number of urea groups is 1. The van der Waals surface area contributed by atoms with Crippen molar-refractivity contribution in [3.8, 4) is 23.3 Å². The molecule has 3 aromatic rings. The van der Waals surface area contributed by atoms with Gasteiger partial charge in [-0.05, 0) is 42.8 Å². The smallest absolute Gasteiger partial charge is 0.330 e. The first-order valence-corrected chi connectivity index (χ1v) is 10.1. The Morgan fingerprint density at radius 1 is 1.06 bits per heavy atom. The predicted molar refractivity (Wildman–Crippen MR) is 123 cm³/mol. The summed E-state index contributed by atoms with van der Waals surface area (Å²) in [5, 5.41) is 19.3. The molecular formula is C25H22N4O3. The van der Waals surface area contributed by atoms with Gasteiger partial charge in [-0.1, -0.05) is 30.3 Å². The summed E-state index contributed by atoms with van der Waals surface area (Å²) in [4.78, 5) is 15.2. The SMILES string of the molecule is CCN1C(=N)/C(=C/c2ccc(Oc3ccc(C#N)c4ccccc34)c(OC)c2)N(C)C1=O. The topological polar surface area (TPSA) is 89.7 Å². The van der Waals surface area contributed by atoms with E-state index in [4.69, 9.17) is 14.9 Å². The molecule has 4 rings (SSSR count). The number of likely N-dealkylation sites (N-methyl/N-ethyl adjacent to an activating group) is 2. The summed E-state index contributed by atoms with van der Waals surface area (Å²) in [6.45, 7) is 2.28. The molecule has 0 saturated carbocycles. The Morgan fingerprint density at radius 2 is 1.78 bits per heavy atom. The monoisotopic (exact) mass is 426 g/mol. The third kappa shape index (κ3) is 3.52. The number of benzene rings is 3. The standard InChI is InChI=1S/C25H22N4O3/c1-4-29-24(27)20(28(2)25(29)30)13-16-9-11-22(23(14-16)31-3)32-21-12-10-17(15-26)18-7-5-6-8-19(18)21/h5-14,27H,4H2,1-3H3/b20-13-,27-24?. The number of hydrogen-bond donors (Lipinski definition) is 1. The molecule has 160 valence electrons. The first kappa shape index (κ1) is 20.9. The third-order valence-electron chi connectivity index (χ3n) is 5.42. The van der Waals surface area contributed by atoms with Crippen molar-refractivity contribution in [3.05, 3.63) is 71.4 Å². The molecule has 1 aliphatic heterocycles. The fourth-order valence-electron chi connectivity index (χ4n) is 3.73. The first-order valence-electron chi connectivity index (χ1n) is 10.1. The lowest BCUT2D eigenvalue weighted by molar-refractivity contribution is 0.209. The molecule has 7 nitrogen and oxygen atoms in total. The number of carbonyl (C=O) groups is 1. The van der Waals surface area contributed by atoms with Crippen molar-refractivity contribution < 1.29 is 14.3 Å². The van der Waals surface area contributed by atoms with E-state index in [1.807, 2.05) is 37.3 Å². The third-order valence-corrected chi connectivity index (χ3v) is 5.42. The summed E-state index contributed by atoms with van der Waals surface area (Å²) in [7, 11) is 3.21. The zero-order valence-corrected chi connectivity index (χ0v) is 18.0. The number of nitrogens with one attached hydrogen (secondary N) is 1. The Morgan fingerprint density at radius 3 is 2.44 bits per heavy atom. The second-order valence-electron chi connectivity index (χ2n) is 7.25. The van der Waals surface area contributed by atoms with Gasteiger partial charge in [0.05, 0.1) is 24.4 Å². The van der Waals surface area contributed by atoms with Gasteiger partial charge in [-0.2, -0.15) is 5.26 Å². The lowest BCUT2D eigenvalue weighted by Gasteiger charge is -2.14. The van der Waals surface area contributed by atoms with Crippen LogP contribution in [0, 0.1) is 16.7 Å². The first-order chi connectivity index (χ1) is 15.5. The number of nitriles is 1. The molecule has 0 radical (unpaired) electrons. The van der Waals surface area contributed by atoms with Crippen LogP contribution in [0.2, 0.25) is 0 Å². The van der Waals surface area contributed by atoms with Gasteiger partial charge in [0, 0.05) is 24.4 Å². The number of carbonyl (C=O) groups excluding carboxylic acids is 1. The normalized spacial score (nSPS) is 14.9. The Bertz CT molecular complexity index is 1310. The minimum absolute atomic E-state index is 0.170. The molecule has 1 N–H and O–H groups in total. The summed E-state index contributed by atoms with van der Waals surface area (Å²) in [6.07, 6.45) is 1.78. The Kier molecular flexibility index (Phi) is 5.52. The van der Waals surface area contributed by atoms with Crippen LogP contribution in [0.15, 0.2) is 60.3 Å². The number of rotatable bonds is 5. The molecule has 7 heteroatoms. The Balaban J connectivity index is 1.69. The van der Waals surface area contributed by atoms with E-state index >= 15 is 0 Å². The van der Waals surface area contributed by atoms with E-state index < -0.39 is 0 Å². The summed E-state index contributed by atoms with van der Waals surface area (Å²) < 4.78 is 11.7. The number of hydrogen-bond acceptors (Lipinski definition) is 5. The van der Waals surface area contributed by atoms with E-state index in [2.05, 4.69) is 6.07 Å². The van der Waals surface area contributed by atoms with E-state index in [0.717, 1.165) is 16.3 Å². The van der Waals surface area contributed by atoms with Gasteiger partial charge in [-0.3, -0.25) is 15.2 Å². The van der Waals surface area contributed by atoms with Crippen molar-refractivity contribution in [3.63, 3.8) is 0 Å². The molecule has 0 unspecified atom stereocenters. The van der Waals surface area contributed by atoms with Gasteiger partial charge >= 0.3 is 6.03 Å². The average Bonchev–Trinajstić information content (AvgIpc) is 3.02. The molecule has 0 spiro atoms. The highest BCUT2D eigenvalue weighted by molar-refractivity contribution is 6.15. The number of ether oxygens (including phenoxy) is 2.